The highest BCUT2D eigenvalue weighted by atomic mass is 79.9. The molecule has 2 aromatic heterocycles. The Bertz CT molecular complexity index is 525. The number of hydrogen-bond donors (Lipinski definition) is 1. The first-order valence-electron chi connectivity index (χ1n) is 4.40. The van der Waals surface area contributed by atoms with Crippen LogP contribution in [0.25, 0.3) is 11.6 Å². The molecule has 0 aliphatic rings. The van der Waals surface area contributed by atoms with Crippen LogP contribution in [0.1, 0.15) is 10.6 Å². The molecule has 5 heteroatoms. The van der Waals surface area contributed by atoms with Crippen molar-refractivity contribution in [3.63, 3.8) is 0 Å². The SMILES string of the molecule is O=C(O)/C(=C/c1occc1Br)c1cccs1. The number of halogens is 1. The Kier molecular flexibility index (Phi) is 3.26. The number of carboxylic acids is 1. The number of furan rings is 1. The normalized spacial score (nSPS) is 11.7. The molecular weight excluding hydrogens is 292 g/mol. The zero-order chi connectivity index (χ0) is 11.5. The molecule has 1 N–H and O–H groups in total. The number of carbonyl (C=O) groups is 1. The first kappa shape index (κ1) is 11.2. The molecule has 0 aliphatic heterocycles. The minimum absolute atomic E-state index is 0.227. The molecule has 0 fully saturated rings. The van der Waals surface area contributed by atoms with E-state index in [-0.39, 0.29) is 5.57 Å². The third-order valence-electron chi connectivity index (χ3n) is 1.94. The van der Waals surface area contributed by atoms with Crippen LogP contribution in [-0.4, -0.2) is 11.1 Å². The monoisotopic (exact) mass is 298 g/mol. The highest BCUT2D eigenvalue weighted by Crippen LogP contribution is 2.26. The Morgan fingerprint density at radius 1 is 1.50 bits per heavy atom. The second-order valence-corrected chi connectivity index (χ2v) is 4.78. The van der Waals surface area contributed by atoms with E-state index < -0.39 is 5.97 Å². The molecule has 0 unspecified atom stereocenters. The van der Waals surface area contributed by atoms with Crippen LogP contribution in [0.4, 0.5) is 0 Å². The summed E-state index contributed by atoms with van der Waals surface area (Å²) < 4.78 is 5.90. The number of thiophene rings is 1. The topological polar surface area (TPSA) is 50.4 Å². The molecule has 16 heavy (non-hydrogen) atoms. The van der Waals surface area contributed by atoms with Crippen molar-refractivity contribution >= 4 is 44.9 Å². The minimum Gasteiger partial charge on any atom is -0.478 e. The Hall–Kier alpha value is -1.33. The predicted octanol–water partition coefficient (Wildman–Crippen LogP) is 3.73. The maximum atomic E-state index is 11.1. The zero-order valence-corrected chi connectivity index (χ0v) is 10.4. The Morgan fingerprint density at radius 3 is 2.81 bits per heavy atom. The third kappa shape index (κ3) is 2.25. The van der Waals surface area contributed by atoms with Crippen molar-refractivity contribution in [2.24, 2.45) is 0 Å². The van der Waals surface area contributed by atoms with E-state index in [1.54, 1.807) is 12.1 Å². The third-order valence-corrected chi connectivity index (χ3v) is 3.50. The Balaban J connectivity index is 2.45. The van der Waals surface area contributed by atoms with Gasteiger partial charge in [0, 0.05) is 4.88 Å². The van der Waals surface area contributed by atoms with Crippen molar-refractivity contribution in [1.29, 1.82) is 0 Å². The predicted molar refractivity (Wildman–Crippen MR) is 66.2 cm³/mol. The fourth-order valence-corrected chi connectivity index (χ4v) is 2.26. The van der Waals surface area contributed by atoms with Crippen LogP contribution in [0.3, 0.4) is 0 Å². The van der Waals surface area contributed by atoms with E-state index in [4.69, 9.17) is 9.52 Å². The molecule has 0 saturated carbocycles. The van der Waals surface area contributed by atoms with E-state index in [1.165, 1.54) is 23.7 Å². The van der Waals surface area contributed by atoms with Crippen molar-refractivity contribution in [2.45, 2.75) is 0 Å². The lowest BCUT2D eigenvalue weighted by atomic mass is 10.2. The molecule has 0 spiro atoms. The highest BCUT2D eigenvalue weighted by Gasteiger charge is 2.13. The molecule has 3 nitrogen and oxygen atoms in total. The van der Waals surface area contributed by atoms with Crippen molar-refractivity contribution < 1.29 is 14.3 Å². The summed E-state index contributed by atoms with van der Waals surface area (Å²) in [5.74, 6) is -0.462. The molecule has 82 valence electrons. The first-order valence-corrected chi connectivity index (χ1v) is 6.07. The molecular formula is C11H7BrO3S. The summed E-state index contributed by atoms with van der Waals surface area (Å²) >= 11 is 4.66. The van der Waals surface area contributed by atoms with E-state index in [1.807, 2.05) is 11.4 Å². The number of carboxylic acid groups (broad SMARTS) is 1. The lowest BCUT2D eigenvalue weighted by molar-refractivity contribution is -0.130. The van der Waals surface area contributed by atoms with E-state index in [0.29, 0.717) is 10.6 Å². The van der Waals surface area contributed by atoms with Crippen molar-refractivity contribution in [1.82, 2.24) is 0 Å². The van der Waals surface area contributed by atoms with Gasteiger partial charge in [-0.15, -0.1) is 11.3 Å². The Morgan fingerprint density at radius 2 is 2.31 bits per heavy atom. The van der Waals surface area contributed by atoms with Crippen LogP contribution in [-0.2, 0) is 4.79 Å². The van der Waals surface area contributed by atoms with E-state index >= 15 is 0 Å². The average molecular weight is 299 g/mol. The van der Waals surface area contributed by atoms with Gasteiger partial charge in [-0.3, -0.25) is 0 Å². The van der Waals surface area contributed by atoms with Crippen LogP contribution >= 0.6 is 27.3 Å². The molecule has 2 heterocycles. The van der Waals surface area contributed by atoms with Gasteiger partial charge in [-0.1, -0.05) is 6.07 Å². The number of aliphatic carboxylic acids is 1. The summed E-state index contributed by atoms with van der Waals surface area (Å²) in [6.45, 7) is 0. The molecule has 2 aromatic rings. The van der Waals surface area contributed by atoms with Gasteiger partial charge in [0.1, 0.15) is 5.76 Å². The average Bonchev–Trinajstić information content (AvgIpc) is 2.85. The lowest BCUT2D eigenvalue weighted by Gasteiger charge is -1.97. The van der Waals surface area contributed by atoms with Crippen LogP contribution in [0.15, 0.2) is 38.7 Å². The van der Waals surface area contributed by atoms with Crippen molar-refractivity contribution in [3.8, 4) is 0 Å². The summed E-state index contributed by atoms with van der Waals surface area (Å²) in [6, 6.07) is 5.30. The van der Waals surface area contributed by atoms with Crippen molar-refractivity contribution in [2.75, 3.05) is 0 Å². The van der Waals surface area contributed by atoms with Gasteiger partial charge < -0.3 is 9.52 Å². The maximum Gasteiger partial charge on any atom is 0.337 e. The van der Waals surface area contributed by atoms with Gasteiger partial charge >= 0.3 is 5.97 Å². The summed E-state index contributed by atoms with van der Waals surface area (Å²) in [5.41, 5.74) is 0.227. The fourth-order valence-electron chi connectivity index (χ4n) is 1.21. The van der Waals surface area contributed by atoms with Crippen LogP contribution in [0, 0.1) is 0 Å². The molecule has 0 atom stereocenters. The van der Waals surface area contributed by atoms with Gasteiger partial charge in [0.05, 0.1) is 16.3 Å². The Labute approximate surface area is 104 Å². The summed E-state index contributed by atoms with van der Waals surface area (Å²) in [7, 11) is 0. The molecule has 0 bridgehead atoms. The van der Waals surface area contributed by atoms with Crippen molar-refractivity contribution in [3.05, 3.63) is 45.0 Å². The first-order chi connectivity index (χ1) is 7.68. The molecule has 2 rings (SSSR count). The van der Waals surface area contributed by atoms with Crippen LogP contribution in [0.2, 0.25) is 0 Å². The quantitative estimate of drug-likeness (QED) is 0.879. The van der Waals surface area contributed by atoms with Gasteiger partial charge in [0.2, 0.25) is 0 Å². The number of hydrogen-bond acceptors (Lipinski definition) is 3. The molecule has 0 saturated heterocycles. The van der Waals surface area contributed by atoms with Crippen LogP contribution < -0.4 is 0 Å². The number of rotatable bonds is 3. The second kappa shape index (κ2) is 4.67. The molecule has 0 radical (unpaired) electrons. The van der Waals surface area contributed by atoms with Gasteiger partial charge in [-0.2, -0.15) is 0 Å². The molecule has 0 aromatic carbocycles. The standard InChI is InChI=1S/C11H7BrO3S/c12-8-3-4-15-9(8)6-7(11(13)14)10-2-1-5-16-10/h1-6H,(H,13,14)/b7-6+. The van der Waals surface area contributed by atoms with E-state index in [0.717, 1.165) is 4.47 Å². The fraction of sp³-hybridized carbons (Fsp3) is 0. The second-order valence-electron chi connectivity index (χ2n) is 2.97. The minimum atomic E-state index is -0.967. The van der Waals surface area contributed by atoms with Gasteiger partial charge in [-0.25, -0.2) is 4.79 Å². The van der Waals surface area contributed by atoms with E-state index in [9.17, 15) is 4.79 Å². The largest absolute Gasteiger partial charge is 0.478 e. The lowest BCUT2D eigenvalue weighted by Crippen LogP contribution is -1.97. The summed E-state index contributed by atoms with van der Waals surface area (Å²) in [5, 5.41) is 11.0. The van der Waals surface area contributed by atoms with Gasteiger partial charge in [0.25, 0.3) is 0 Å². The van der Waals surface area contributed by atoms with E-state index in [2.05, 4.69) is 15.9 Å². The molecule has 0 amide bonds. The van der Waals surface area contributed by atoms with Gasteiger partial charge in [0.15, 0.2) is 0 Å². The van der Waals surface area contributed by atoms with Gasteiger partial charge in [-0.05, 0) is 39.5 Å². The smallest absolute Gasteiger partial charge is 0.337 e. The summed E-state index contributed by atoms with van der Waals surface area (Å²) in [4.78, 5) is 11.8. The zero-order valence-electron chi connectivity index (χ0n) is 8.01. The molecule has 0 aliphatic carbocycles. The maximum absolute atomic E-state index is 11.1. The summed E-state index contributed by atoms with van der Waals surface area (Å²) in [6.07, 6.45) is 3.02. The highest BCUT2D eigenvalue weighted by molar-refractivity contribution is 9.10. The van der Waals surface area contributed by atoms with Crippen LogP contribution in [0.5, 0.6) is 0 Å².